The standard InChI is InChI=1S/C24H34N2O7S/c1-5-7-14-32-15-8-13-25-24(27)20-16-22(30-3)23(31-4)17-21(20)26-34(28,29)19-11-9-18(10-12-19)33-6-2/h9-12,16-17,26H,5-8,13-15H2,1-4H3,(H,25,27). The quantitative estimate of drug-likeness (QED) is 0.362. The average Bonchev–Trinajstić information content (AvgIpc) is 2.83. The van der Waals surface area contributed by atoms with Crippen LogP contribution in [0.5, 0.6) is 17.2 Å². The van der Waals surface area contributed by atoms with Crippen LogP contribution in [0.2, 0.25) is 0 Å². The molecule has 2 aromatic rings. The lowest BCUT2D eigenvalue weighted by Crippen LogP contribution is -2.27. The maximum Gasteiger partial charge on any atom is 0.261 e. The smallest absolute Gasteiger partial charge is 0.261 e. The van der Waals surface area contributed by atoms with E-state index in [9.17, 15) is 13.2 Å². The molecule has 9 nitrogen and oxygen atoms in total. The summed E-state index contributed by atoms with van der Waals surface area (Å²) in [5, 5.41) is 2.80. The molecule has 0 bridgehead atoms. The fraction of sp³-hybridized carbons (Fsp3) is 0.458. The van der Waals surface area contributed by atoms with E-state index in [4.69, 9.17) is 18.9 Å². The highest BCUT2D eigenvalue weighted by molar-refractivity contribution is 7.92. The minimum Gasteiger partial charge on any atom is -0.494 e. The first-order chi connectivity index (χ1) is 16.4. The van der Waals surface area contributed by atoms with Crippen molar-refractivity contribution < 1.29 is 32.2 Å². The van der Waals surface area contributed by atoms with Crippen LogP contribution in [-0.2, 0) is 14.8 Å². The van der Waals surface area contributed by atoms with Crippen LogP contribution in [0.3, 0.4) is 0 Å². The van der Waals surface area contributed by atoms with Gasteiger partial charge in [0.25, 0.3) is 15.9 Å². The van der Waals surface area contributed by atoms with Gasteiger partial charge in [-0.1, -0.05) is 13.3 Å². The largest absolute Gasteiger partial charge is 0.494 e. The summed E-state index contributed by atoms with van der Waals surface area (Å²) in [7, 11) is -1.11. The molecule has 0 spiro atoms. The number of nitrogens with one attached hydrogen (secondary N) is 2. The zero-order chi connectivity index (χ0) is 25.0. The van der Waals surface area contributed by atoms with Crippen molar-refractivity contribution in [2.24, 2.45) is 0 Å². The zero-order valence-electron chi connectivity index (χ0n) is 20.2. The predicted molar refractivity (Wildman–Crippen MR) is 131 cm³/mol. The molecule has 0 aliphatic heterocycles. The molecule has 0 atom stereocenters. The van der Waals surface area contributed by atoms with Gasteiger partial charge in [0.05, 0.1) is 37.0 Å². The monoisotopic (exact) mass is 494 g/mol. The van der Waals surface area contributed by atoms with Gasteiger partial charge >= 0.3 is 0 Å². The van der Waals surface area contributed by atoms with Gasteiger partial charge < -0.3 is 24.3 Å². The van der Waals surface area contributed by atoms with Crippen LogP contribution in [0.1, 0.15) is 43.5 Å². The van der Waals surface area contributed by atoms with Crippen molar-refractivity contribution in [1.29, 1.82) is 0 Å². The summed E-state index contributed by atoms with van der Waals surface area (Å²) in [5.41, 5.74) is 0.183. The first-order valence-corrected chi connectivity index (χ1v) is 12.7. The van der Waals surface area contributed by atoms with E-state index in [1.165, 1.54) is 38.5 Å². The van der Waals surface area contributed by atoms with Gasteiger partial charge in [0.1, 0.15) is 5.75 Å². The Hall–Kier alpha value is -2.98. The Balaban J connectivity index is 2.22. The lowest BCUT2D eigenvalue weighted by molar-refractivity contribution is 0.0941. The Morgan fingerprint density at radius 3 is 2.21 bits per heavy atom. The maximum absolute atomic E-state index is 13.0. The summed E-state index contributed by atoms with van der Waals surface area (Å²) in [6, 6.07) is 8.89. The SMILES string of the molecule is CCCCOCCCNC(=O)c1cc(OC)c(OC)cc1NS(=O)(=O)c1ccc(OCC)cc1. The Kier molecular flexibility index (Phi) is 11.0. The first-order valence-electron chi connectivity index (χ1n) is 11.2. The molecule has 34 heavy (non-hydrogen) atoms. The van der Waals surface area contributed by atoms with Crippen LogP contribution in [0, 0.1) is 0 Å². The number of sulfonamides is 1. The van der Waals surface area contributed by atoms with Crippen LogP contribution in [-0.4, -0.2) is 54.9 Å². The van der Waals surface area contributed by atoms with Gasteiger partial charge in [-0.15, -0.1) is 0 Å². The van der Waals surface area contributed by atoms with E-state index in [0.717, 1.165) is 12.8 Å². The number of methoxy groups -OCH3 is 2. The van der Waals surface area contributed by atoms with Gasteiger partial charge in [0.15, 0.2) is 11.5 Å². The average molecular weight is 495 g/mol. The molecule has 0 aliphatic carbocycles. The van der Waals surface area contributed by atoms with Crippen LogP contribution in [0.4, 0.5) is 5.69 Å². The van der Waals surface area contributed by atoms with Crippen molar-refractivity contribution in [2.45, 2.75) is 38.0 Å². The van der Waals surface area contributed by atoms with E-state index in [1.54, 1.807) is 12.1 Å². The molecule has 0 aliphatic rings. The molecule has 0 radical (unpaired) electrons. The van der Waals surface area contributed by atoms with Gasteiger partial charge in [0, 0.05) is 25.8 Å². The number of carbonyl (C=O) groups excluding carboxylic acids is 1. The van der Waals surface area contributed by atoms with Gasteiger partial charge in [-0.2, -0.15) is 0 Å². The molecule has 2 N–H and O–H groups in total. The van der Waals surface area contributed by atoms with Crippen molar-refractivity contribution in [2.75, 3.05) is 45.3 Å². The number of anilines is 1. The second-order valence-corrected chi connectivity index (χ2v) is 9.02. The van der Waals surface area contributed by atoms with Crippen molar-refractivity contribution in [3.63, 3.8) is 0 Å². The van der Waals surface area contributed by atoms with E-state index >= 15 is 0 Å². The molecular formula is C24H34N2O7S. The van der Waals surface area contributed by atoms with Gasteiger partial charge in [-0.05, 0) is 50.1 Å². The lowest BCUT2D eigenvalue weighted by Gasteiger charge is -2.16. The van der Waals surface area contributed by atoms with Crippen molar-refractivity contribution in [1.82, 2.24) is 5.32 Å². The summed E-state index contributed by atoms with van der Waals surface area (Å²) in [4.78, 5) is 12.9. The predicted octanol–water partition coefficient (Wildman–Crippen LogP) is 3.84. The van der Waals surface area contributed by atoms with Gasteiger partial charge in [-0.3, -0.25) is 9.52 Å². The molecule has 2 rings (SSSR count). The fourth-order valence-corrected chi connectivity index (χ4v) is 4.13. The second kappa shape index (κ2) is 13.7. The third-order valence-electron chi connectivity index (χ3n) is 4.85. The molecule has 0 saturated carbocycles. The second-order valence-electron chi connectivity index (χ2n) is 7.34. The highest BCUT2D eigenvalue weighted by Crippen LogP contribution is 2.34. The number of benzene rings is 2. The molecule has 0 unspecified atom stereocenters. The number of carbonyl (C=O) groups is 1. The van der Waals surface area contributed by atoms with Crippen molar-refractivity contribution >= 4 is 21.6 Å². The molecule has 0 aromatic heterocycles. The van der Waals surface area contributed by atoms with E-state index in [1.807, 2.05) is 6.92 Å². The first kappa shape index (κ1) is 27.3. The summed E-state index contributed by atoms with van der Waals surface area (Å²) in [6.07, 6.45) is 2.69. The van der Waals surface area contributed by atoms with Crippen molar-refractivity contribution in [3.05, 3.63) is 42.0 Å². The molecule has 10 heteroatoms. The van der Waals surface area contributed by atoms with Crippen LogP contribution >= 0.6 is 0 Å². The van der Waals surface area contributed by atoms with E-state index < -0.39 is 15.9 Å². The topological polar surface area (TPSA) is 112 Å². The minimum atomic E-state index is -3.99. The highest BCUT2D eigenvalue weighted by atomic mass is 32.2. The lowest BCUT2D eigenvalue weighted by atomic mass is 10.1. The number of hydrogen-bond acceptors (Lipinski definition) is 7. The van der Waals surface area contributed by atoms with Crippen LogP contribution in [0.15, 0.2) is 41.3 Å². The third kappa shape index (κ3) is 7.81. The van der Waals surface area contributed by atoms with E-state index in [2.05, 4.69) is 17.0 Å². The molecule has 2 aromatic carbocycles. The van der Waals surface area contributed by atoms with Gasteiger partial charge in [-0.25, -0.2) is 8.42 Å². The molecule has 1 amide bonds. The summed E-state index contributed by atoms with van der Waals surface area (Å²) < 4.78 is 50.0. The normalized spacial score (nSPS) is 11.1. The number of amides is 1. The Morgan fingerprint density at radius 1 is 0.941 bits per heavy atom. The molecular weight excluding hydrogens is 460 g/mol. The number of unbranched alkanes of at least 4 members (excludes halogenated alkanes) is 1. The summed E-state index contributed by atoms with van der Waals surface area (Å²) in [5.74, 6) is 0.706. The summed E-state index contributed by atoms with van der Waals surface area (Å²) in [6.45, 7) is 6.01. The Bertz CT molecular complexity index is 1020. The molecule has 0 saturated heterocycles. The number of ether oxygens (including phenoxy) is 4. The number of rotatable bonds is 15. The van der Waals surface area contributed by atoms with Crippen LogP contribution < -0.4 is 24.2 Å². The van der Waals surface area contributed by atoms with Gasteiger partial charge in [0.2, 0.25) is 0 Å². The minimum absolute atomic E-state index is 0.0290. The third-order valence-corrected chi connectivity index (χ3v) is 6.23. The Morgan fingerprint density at radius 2 is 1.59 bits per heavy atom. The van der Waals surface area contributed by atoms with E-state index in [0.29, 0.717) is 44.3 Å². The van der Waals surface area contributed by atoms with E-state index in [-0.39, 0.29) is 21.9 Å². The van der Waals surface area contributed by atoms with Crippen molar-refractivity contribution in [3.8, 4) is 17.2 Å². The molecule has 0 fully saturated rings. The zero-order valence-corrected chi connectivity index (χ0v) is 21.0. The fourth-order valence-electron chi connectivity index (χ4n) is 3.06. The molecule has 0 heterocycles. The Labute approximate surface area is 201 Å². The molecule has 188 valence electrons. The maximum atomic E-state index is 13.0. The summed E-state index contributed by atoms with van der Waals surface area (Å²) >= 11 is 0. The number of hydrogen-bond donors (Lipinski definition) is 2. The highest BCUT2D eigenvalue weighted by Gasteiger charge is 2.22. The van der Waals surface area contributed by atoms with Crippen LogP contribution in [0.25, 0.3) is 0 Å².